The highest BCUT2D eigenvalue weighted by molar-refractivity contribution is 7.98. The molecule has 0 saturated heterocycles. The van der Waals surface area contributed by atoms with Crippen LogP contribution in [0.4, 0.5) is 5.69 Å². The number of hydrogen-bond donors (Lipinski definition) is 1. The summed E-state index contributed by atoms with van der Waals surface area (Å²) in [6.45, 7) is 0. The van der Waals surface area contributed by atoms with Gasteiger partial charge >= 0.3 is 0 Å². The molecule has 1 amide bonds. The van der Waals surface area contributed by atoms with E-state index in [2.05, 4.69) is 10.3 Å². The van der Waals surface area contributed by atoms with Crippen LogP contribution in [0.1, 0.15) is 10.4 Å². The number of anilines is 1. The van der Waals surface area contributed by atoms with E-state index in [0.717, 1.165) is 38.7 Å². The highest BCUT2D eigenvalue weighted by Crippen LogP contribution is 2.31. The lowest BCUT2D eigenvalue weighted by atomic mass is 9.98. The molecule has 1 heterocycles. The zero-order valence-electron chi connectivity index (χ0n) is 17.3. The molecule has 0 aliphatic heterocycles. The molecule has 3 aromatic carbocycles. The second-order valence-electron chi connectivity index (χ2n) is 6.89. The molecule has 154 valence electrons. The third-order valence-corrected chi connectivity index (χ3v) is 5.66. The van der Waals surface area contributed by atoms with E-state index < -0.39 is 0 Å². The Hall–Kier alpha value is -3.57. The van der Waals surface area contributed by atoms with Gasteiger partial charge in [0.15, 0.2) is 0 Å². The molecule has 5 heteroatoms. The molecule has 4 aromatic rings. The molecule has 0 fully saturated rings. The molecular weight excluding hydrogens is 404 g/mol. The SMILES string of the molecule is COc1cccc(-c2cc(SC)ccc2C(=O)Nc2cccc(-c3ccccn3)c2)c1. The van der Waals surface area contributed by atoms with Crippen molar-refractivity contribution < 1.29 is 9.53 Å². The summed E-state index contributed by atoms with van der Waals surface area (Å²) in [5.41, 5.74) is 4.93. The largest absolute Gasteiger partial charge is 0.497 e. The van der Waals surface area contributed by atoms with Crippen molar-refractivity contribution in [3.05, 3.63) is 96.7 Å². The maximum atomic E-state index is 13.2. The monoisotopic (exact) mass is 426 g/mol. The van der Waals surface area contributed by atoms with Crippen molar-refractivity contribution in [3.8, 4) is 28.1 Å². The van der Waals surface area contributed by atoms with Crippen molar-refractivity contribution in [1.29, 1.82) is 0 Å². The van der Waals surface area contributed by atoms with E-state index in [0.29, 0.717) is 5.56 Å². The van der Waals surface area contributed by atoms with Gasteiger partial charge in [-0.3, -0.25) is 9.78 Å². The fourth-order valence-electron chi connectivity index (χ4n) is 3.37. The van der Waals surface area contributed by atoms with Crippen molar-refractivity contribution in [2.24, 2.45) is 0 Å². The number of nitrogens with zero attached hydrogens (tertiary/aromatic N) is 1. The first-order valence-corrected chi connectivity index (χ1v) is 11.1. The smallest absolute Gasteiger partial charge is 0.256 e. The maximum absolute atomic E-state index is 13.2. The Bertz CT molecular complexity index is 1210. The van der Waals surface area contributed by atoms with Crippen molar-refractivity contribution in [2.75, 3.05) is 18.7 Å². The summed E-state index contributed by atoms with van der Waals surface area (Å²) >= 11 is 1.64. The molecular formula is C26H22N2O2S. The van der Waals surface area contributed by atoms with Crippen molar-refractivity contribution >= 4 is 23.4 Å². The van der Waals surface area contributed by atoms with Crippen LogP contribution in [0.2, 0.25) is 0 Å². The minimum atomic E-state index is -0.163. The van der Waals surface area contributed by atoms with Crippen molar-refractivity contribution in [2.45, 2.75) is 4.90 Å². The molecule has 0 unspecified atom stereocenters. The third-order valence-electron chi connectivity index (χ3n) is 4.93. The average molecular weight is 427 g/mol. The first-order chi connectivity index (χ1) is 15.2. The molecule has 0 radical (unpaired) electrons. The fraction of sp³-hybridized carbons (Fsp3) is 0.0769. The molecule has 1 aromatic heterocycles. The first-order valence-electron chi connectivity index (χ1n) is 9.83. The Balaban J connectivity index is 1.68. The lowest BCUT2D eigenvalue weighted by Crippen LogP contribution is -2.13. The van der Waals surface area contributed by atoms with Crippen LogP contribution in [0.15, 0.2) is 96.0 Å². The summed E-state index contributed by atoms with van der Waals surface area (Å²) in [6.07, 6.45) is 3.78. The van der Waals surface area contributed by atoms with Gasteiger partial charge in [0, 0.05) is 27.9 Å². The van der Waals surface area contributed by atoms with Gasteiger partial charge in [-0.05, 0) is 72.0 Å². The average Bonchev–Trinajstić information content (AvgIpc) is 2.84. The van der Waals surface area contributed by atoms with Crippen LogP contribution < -0.4 is 10.1 Å². The summed E-state index contributed by atoms with van der Waals surface area (Å²) in [5, 5.41) is 3.04. The number of aromatic nitrogens is 1. The number of methoxy groups -OCH3 is 1. The summed E-state index contributed by atoms with van der Waals surface area (Å²) < 4.78 is 5.37. The summed E-state index contributed by atoms with van der Waals surface area (Å²) in [6, 6.07) is 27.1. The van der Waals surface area contributed by atoms with E-state index >= 15 is 0 Å². The number of carbonyl (C=O) groups excluding carboxylic acids is 1. The van der Waals surface area contributed by atoms with Gasteiger partial charge in [-0.1, -0.05) is 30.3 Å². The van der Waals surface area contributed by atoms with E-state index in [-0.39, 0.29) is 5.91 Å². The minimum Gasteiger partial charge on any atom is -0.497 e. The van der Waals surface area contributed by atoms with Crippen molar-refractivity contribution in [3.63, 3.8) is 0 Å². The maximum Gasteiger partial charge on any atom is 0.256 e. The minimum absolute atomic E-state index is 0.163. The van der Waals surface area contributed by atoms with Crippen molar-refractivity contribution in [1.82, 2.24) is 4.98 Å². The molecule has 0 atom stereocenters. The van der Waals surface area contributed by atoms with Gasteiger partial charge < -0.3 is 10.1 Å². The van der Waals surface area contributed by atoms with E-state index in [4.69, 9.17) is 4.74 Å². The lowest BCUT2D eigenvalue weighted by molar-refractivity contribution is 0.102. The van der Waals surface area contributed by atoms with Gasteiger partial charge in [0.2, 0.25) is 0 Å². The van der Waals surface area contributed by atoms with Gasteiger partial charge in [-0.25, -0.2) is 0 Å². The topological polar surface area (TPSA) is 51.2 Å². The number of thioether (sulfide) groups is 1. The van der Waals surface area contributed by atoms with E-state index in [1.807, 2.05) is 91.2 Å². The highest BCUT2D eigenvalue weighted by atomic mass is 32.2. The van der Waals surface area contributed by atoms with E-state index in [1.165, 1.54) is 0 Å². The van der Waals surface area contributed by atoms with Crippen LogP contribution in [0.3, 0.4) is 0 Å². The quantitative estimate of drug-likeness (QED) is 0.363. The molecule has 1 N–H and O–H groups in total. The Labute approximate surface area is 186 Å². The number of ether oxygens (including phenoxy) is 1. The predicted molar refractivity (Wildman–Crippen MR) is 128 cm³/mol. The fourth-order valence-corrected chi connectivity index (χ4v) is 3.81. The number of hydrogen-bond acceptors (Lipinski definition) is 4. The molecule has 0 aliphatic rings. The Morgan fingerprint density at radius 1 is 0.903 bits per heavy atom. The van der Waals surface area contributed by atoms with Crippen LogP contribution in [0, 0.1) is 0 Å². The third kappa shape index (κ3) is 4.78. The van der Waals surface area contributed by atoms with Crippen LogP contribution in [0.25, 0.3) is 22.4 Å². The molecule has 0 saturated carbocycles. The number of rotatable bonds is 6. The summed E-state index contributed by atoms with van der Waals surface area (Å²) in [4.78, 5) is 18.7. The highest BCUT2D eigenvalue weighted by Gasteiger charge is 2.15. The van der Waals surface area contributed by atoms with Gasteiger partial charge in [0.05, 0.1) is 12.8 Å². The predicted octanol–water partition coefficient (Wildman–Crippen LogP) is 6.40. The van der Waals surface area contributed by atoms with Gasteiger partial charge in [-0.15, -0.1) is 11.8 Å². The number of nitrogens with one attached hydrogen (secondary N) is 1. The molecule has 0 bridgehead atoms. The zero-order valence-corrected chi connectivity index (χ0v) is 18.1. The second kappa shape index (κ2) is 9.49. The zero-order chi connectivity index (χ0) is 21.6. The first kappa shape index (κ1) is 20.7. The van der Waals surface area contributed by atoms with Crippen LogP contribution >= 0.6 is 11.8 Å². The van der Waals surface area contributed by atoms with Gasteiger partial charge in [0.25, 0.3) is 5.91 Å². The van der Waals surface area contributed by atoms with Gasteiger partial charge in [-0.2, -0.15) is 0 Å². The Morgan fingerprint density at radius 2 is 1.74 bits per heavy atom. The standard InChI is InChI=1S/C26H22N2O2S/c1-30-21-10-6-7-18(16-21)24-17-22(31-2)12-13-23(24)26(29)28-20-9-5-8-19(15-20)25-11-3-4-14-27-25/h3-17H,1-2H3,(H,28,29). The normalized spacial score (nSPS) is 10.5. The summed E-state index contributed by atoms with van der Waals surface area (Å²) in [7, 11) is 1.64. The number of carbonyl (C=O) groups is 1. The number of amides is 1. The van der Waals surface area contributed by atoms with Gasteiger partial charge in [0.1, 0.15) is 5.75 Å². The van der Waals surface area contributed by atoms with E-state index in [1.54, 1.807) is 25.1 Å². The molecule has 4 nitrogen and oxygen atoms in total. The van der Waals surface area contributed by atoms with Crippen LogP contribution in [0.5, 0.6) is 5.75 Å². The Kier molecular flexibility index (Phi) is 6.34. The van der Waals surface area contributed by atoms with Crippen LogP contribution in [-0.4, -0.2) is 24.3 Å². The lowest BCUT2D eigenvalue weighted by Gasteiger charge is -2.13. The summed E-state index contributed by atoms with van der Waals surface area (Å²) in [5.74, 6) is 0.588. The molecule has 0 aliphatic carbocycles. The van der Waals surface area contributed by atoms with Crippen LogP contribution in [-0.2, 0) is 0 Å². The molecule has 4 rings (SSSR count). The number of benzene rings is 3. The van der Waals surface area contributed by atoms with E-state index in [9.17, 15) is 4.79 Å². The second-order valence-corrected chi connectivity index (χ2v) is 7.77. The molecule has 31 heavy (non-hydrogen) atoms. The molecule has 0 spiro atoms. The number of pyridine rings is 1. The Morgan fingerprint density at radius 3 is 2.52 bits per heavy atom.